The number of rotatable bonds is 6. The second-order valence-electron chi connectivity index (χ2n) is 5.05. The van der Waals surface area contributed by atoms with Crippen LogP contribution in [-0.4, -0.2) is 44.3 Å². The molecule has 0 heterocycles. The van der Waals surface area contributed by atoms with Crippen LogP contribution in [0.4, 0.5) is 0 Å². The molecule has 2 rings (SSSR count). The van der Waals surface area contributed by atoms with E-state index in [0.717, 1.165) is 24.7 Å². The largest absolute Gasteiger partial charge is 0.383 e. The van der Waals surface area contributed by atoms with Gasteiger partial charge in [0.2, 0.25) is 6.41 Å². The second kappa shape index (κ2) is 4.34. The summed E-state index contributed by atoms with van der Waals surface area (Å²) >= 11 is 0. The lowest BCUT2D eigenvalue weighted by Crippen LogP contribution is -2.59. The Labute approximate surface area is 97.3 Å². The van der Waals surface area contributed by atoms with Crippen LogP contribution in [0.2, 0.25) is 0 Å². The summed E-state index contributed by atoms with van der Waals surface area (Å²) in [6.45, 7) is 3.57. The molecule has 4 unspecified atom stereocenters. The van der Waals surface area contributed by atoms with Crippen molar-refractivity contribution in [1.82, 2.24) is 10.2 Å². The SMILES string of the molecule is CNC1(N(C=O)CCOC)CCC2C(C)C21. The first-order valence-corrected chi connectivity index (χ1v) is 6.11. The standard InChI is InChI=1S/C12H22N2O2/c1-9-10-4-5-12(13-2,11(9)10)14(8-15)6-7-16-3/h8-11,13H,4-7H2,1-3H3. The number of amides is 1. The summed E-state index contributed by atoms with van der Waals surface area (Å²) in [5.74, 6) is 2.21. The number of fused-ring (bicyclic) bond motifs is 1. The summed E-state index contributed by atoms with van der Waals surface area (Å²) < 4.78 is 5.07. The lowest BCUT2D eigenvalue weighted by molar-refractivity contribution is -0.127. The highest BCUT2D eigenvalue weighted by molar-refractivity contribution is 5.50. The maximum atomic E-state index is 11.3. The molecule has 2 aliphatic carbocycles. The fourth-order valence-electron chi connectivity index (χ4n) is 3.64. The lowest BCUT2D eigenvalue weighted by Gasteiger charge is -2.41. The first-order valence-electron chi connectivity index (χ1n) is 6.11. The van der Waals surface area contributed by atoms with Crippen molar-refractivity contribution < 1.29 is 9.53 Å². The van der Waals surface area contributed by atoms with Crippen molar-refractivity contribution in [2.45, 2.75) is 25.4 Å². The number of hydrogen-bond donors (Lipinski definition) is 1. The van der Waals surface area contributed by atoms with Gasteiger partial charge in [-0.3, -0.25) is 10.1 Å². The van der Waals surface area contributed by atoms with Gasteiger partial charge in [0.1, 0.15) is 0 Å². The third kappa shape index (κ3) is 1.55. The van der Waals surface area contributed by atoms with Gasteiger partial charge in [-0.25, -0.2) is 0 Å². The minimum Gasteiger partial charge on any atom is -0.383 e. The number of nitrogens with one attached hydrogen (secondary N) is 1. The Hall–Kier alpha value is -0.610. The predicted molar refractivity (Wildman–Crippen MR) is 61.8 cm³/mol. The van der Waals surface area contributed by atoms with E-state index in [4.69, 9.17) is 4.74 Å². The van der Waals surface area contributed by atoms with Gasteiger partial charge in [0.15, 0.2) is 0 Å². The molecule has 2 aliphatic rings. The molecule has 0 aromatic rings. The van der Waals surface area contributed by atoms with E-state index in [1.165, 1.54) is 6.42 Å². The highest BCUT2D eigenvalue weighted by atomic mass is 16.5. The van der Waals surface area contributed by atoms with Gasteiger partial charge in [0.25, 0.3) is 0 Å². The molecule has 2 saturated carbocycles. The Balaban J connectivity index is 2.10. The van der Waals surface area contributed by atoms with Gasteiger partial charge in [-0.05, 0) is 31.7 Å². The van der Waals surface area contributed by atoms with Crippen molar-refractivity contribution >= 4 is 6.41 Å². The van der Waals surface area contributed by atoms with Crippen molar-refractivity contribution in [3.63, 3.8) is 0 Å². The van der Waals surface area contributed by atoms with E-state index in [0.29, 0.717) is 19.1 Å². The quantitative estimate of drug-likeness (QED) is 0.535. The molecule has 4 nitrogen and oxygen atoms in total. The topological polar surface area (TPSA) is 41.6 Å². The summed E-state index contributed by atoms with van der Waals surface area (Å²) in [5.41, 5.74) is -0.107. The van der Waals surface area contributed by atoms with Crippen LogP contribution < -0.4 is 5.32 Å². The molecular formula is C12H22N2O2. The number of ether oxygens (including phenoxy) is 1. The summed E-state index contributed by atoms with van der Waals surface area (Å²) in [7, 11) is 3.64. The Morgan fingerprint density at radius 1 is 1.62 bits per heavy atom. The van der Waals surface area contributed by atoms with E-state index in [-0.39, 0.29) is 5.66 Å². The van der Waals surface area contributed by atoms with E-state index in [9.17, 15) is 4.79 Å². The average Bonchev–Trinajstić information content (AvgIpc) is 2.78. The van der Waals surface area contributed by atoms with Crippen LogP contribution in [0.25, 0.3) is 0 Å². The minimum atomic E-state index is -0.107. The number of carbonyl (C=O) groups is 1. The number of carbonyl (C=O) groups excluding carboxylic acids is 1. The lowest BCUT2D eigenvalue weighted by atomic mass is 9.99. The molecule has 0 radical (unpaired) electrons. The molecular weight excluding hydrogens is 204 g/mol. The summed E-state index contributed by atoms with van der Waals surface area (Å²) in [6, 6.07) is 0. The molecule has 4 heteroatoms. The summed E-state index contributed by atoms with van der Waals surface area (Å²) in [6.07, 6.45) is 3.29. The van der Waals surface area contributed by atoms with Crippen LogP contribution in [0, 0.1) is 17.8 Å². The third-order valence-electron chi connectivity index (χ3n) is 4.58. The van der Waals surface area contributed by atoms with E-state index in [1.807, 2.05) is 11.9 Å². The molecule has 0 aliphatic heterocycles. The molecule has 0 spiro atoms. The van der Waals surface area contributed by atoms with Crippen LogP contribution >= 0.6 is 0 Å². The summed E-state index contributed by atoms with van der Waals surface area (Å²) in [5, 5.41) is 3.40. The van der Waals surface area contributed by atoms with Gasteiger partial charge in [0, 0.05) is 19.6 Å². The molecule has 4 atom stereocenters. The number of nitrogens with zero attached hydrogens (tertiary/aromatic N) is 1. The Kier molecular flexibility index (Phi) is 3.22. The second-order valence-corrected chi connectivity index (χ2v) is 5.05. The fraction of sp³-hybridized carbons (Fsp3) is 0.917. The summed E-state index contributed by atoms with van der Waals surface area (Å²) in [4.78, 5) is 13.2. The molecule has 0 aromatic carbocycles. The van der Waals surface area contributed by atoms with Gasteiger partial charge < -0.3 is 9.64 Å². The Morgan fingerprint density at radius 3 is 2.81 bits per heavy atom. The van der Waals surface area contributed by atoms with Crippen molar-refractivity contribution in [2.24, 2.45) is 17.8 Å². The van der Waals surface area contributed by atoms with E-state index >= 15 is 0 Å². The monoisotopic (exact) mass is 226 g/mol. The van der Waals surface area contributed by atoms with Gasteiger partial charge in [-0.2, -0.15) is 0 Å². The van der Waals surface area contributed by atoms with Crippen LogP contribution in [0.3, 0.4) is 0 Å². The van der Waals surface area contributed by atoms with Gasteiger partial charge in [-0.15, -0.1) is 0 Å². The molecule has 92 valence electrons. The highest BCUT2D eigenvalue weighted by Gasteiger charge is 2.64. The van der Waals surface area contributed by atoms with Crippen molar-refractivity contribution in [3.05, 3.63) is 0 Å². The van der Waals surface area contributed by atoms with E-state index in [2.05, 4.69) is 12.2 Å². The van der Waals surface area contributed by atoms with Crippen LogP contribution in [0.1, 0.15) is 19.8 Å². The minimum absolute atomic E-state index is 0.107. The molecule has 0 bridgehead atoms. The third-order valence-corrected chi connectivity index (χ3v) is 4.58. The van der Waals surface area contributed by atoms with Crippen molar-refractivity contribution in [1.29, 1.82) is 0 Å². The maximum Gasteiger partial charge on any atom is 0.211 e. The first kappa shape index (κ1) is 11.9. The normalized spacial score (nSPS) is 40.6. The first-order chi connectivity index (χ1) is 7.71. The number of hydrogen-bond acceptors (Lipinski definition) is 3. The van der Waals surface area contributed by atoms with Crippen LogP contribution in [-0.2, 0) is 9.53 Å². The molecule has 1 amide bonds. The number of methoxy groups -OCH3 is 1. The van der Waals surface area contributed by atoms with Crippen molar-refractivity contribution in [2.75, 3.05) is 27.3 Å². The molecule has 1 N–H and O–H groups in total. The van der Waals surface area contributed by atoms with Crippen LogP contribution in [0.5, 0.6) is 0 Å². The Bertz CT molecular complexity index is 272. The van der Waals surface area contributed by atoms with E-state index < -0.39 is 0 Å². The smallest absolute Gasteiger partial charge is 0.211 e. The van der Waals surface area contributed by atoms with Gasteiger partial charge in [0.05, 0.1) is 12.3 Å². The fourth-order valence-corrected chi connectivity index (χ4v) is 3.64. The highest BCUT2D eigenvalue weighted by Crippen LogP contribution is 2.62. The molecule has 16 heavy (non-hydrogen) atoms. The maximum absolute atomic E-state index is 11.3. The van der Waals surface area contributed by atoms with Gasteiger partial charge in [-0.1, -0.05) is 6.92 Å². The molecule has 0 aromatic heterocycles. The Morgan fingerprint density at radius 2 is 2.38 bits per heavy atom. The zero-order valence-electron chi connectivity index (χ0n) is 10.4. The molecule has 0 saturated heterocycles. The van der Waals surface area contributed by atoms with E-state index in [1.54, 1.807) is 7.11 Å². The molecule has 2 fully saturated rings. The zero-order valence-corrected chi connectivity index (χ0v) is 10.4. The predicted octanol–water partition coefficient (Wildman–Crippen LogP) is 0.683. The average molecular weight is 226 g/mol. The van der Waals surface area contributed by atoms with Gasteiger partial charge >= 0.3 is 0 Å². The van der Waals surface area contributed by atoms with Crippen LogP contribution in [0.15, 0.2) is 0 Å². The zero-order chi connectivity index (χ0) is 11.8. The van der Waals surface area contributed by atoms with Crippen molar-refractivity contribution in [3.8, 4) is 0 Å².